The van der Waals surface area contributed by atoms with E-state index >= 15 is 0 Å². The smallest absolute Gasteiger partial charge is 0.00997 e. The molecule has 0 fully saturated rings. The molecule has 0 amide bonds. The molecule has 0 saturated heterocycles. The Morgan fingerprint density at radius 1 is 1.10 bits per heavy atom. The molecule has 1 radical (unpaired) electrons. The average molecular weight is 138 g/mol. The first-order valence-electron chi connectivity index (χ1n) is 3.96. The topological polar surface area (TPSA) is 23.8 Å². The van der Waals surface area contributed by atoms with Gasteiger partial charge in [0.1, 0.15) is 0 Å². The van der Waals surface area contributed by atoms with Crippen LogP contribution in [0.15, 0.2) is 0 Å². The Bertz CT molecular complexity index is 108. The Hall–Kier alpha value is -0.480. The van der Waals surface area contributed by atoms with Gasteiger partial charge in [0.05, 0.1) is 0 Å². The van der Waals surface area contributed by atoms with Crippen LogP contribution >= 0.6 is 0 Å². The highest BCUT2D eigenvalue weighted by Crippen LogP contribution is 2.00. The van der Waals surface area contributed by atoms with E-state index in [1.165, 1.54) is 19.3 Å². The highest BCUT2D eigenvalue weighted by Gasteiger charge is 1.85. The molecule has 0 aliphatic heterocycles. The lowest BCUT2D eigenvalue weighted by molar-refractivity contribution is 0.652. The van der Waals surface area contributed by atoms with Crippen molar-refractivity contribution in [2.45, 2.75) is 39.0 Å². The molecule has 0 aromatic rings. The maximum absolute atomic E-state index is 6.89. The summed E-state index contributed by atoms with van der Waals surface area (Å²) in [6, 6.07) is 0. The van der Waals surface area contributed by atoms with Gasteiger partial charge in [-0.1, -0.05) is 12.8 Å². The molecule has 0 saturated carbocycles. The molecular weight excluding hydrogens is 122 g/mol. The van der Waals surface area contributed by atoms with Gasteiger partial charge in [0.15, 0.2) is 0 Å². The van der Waals surface area contributed by atoms with Crippen molar-refractivity contribution in [3.63, 3.8) is 0 Å². The quantitative estimate of drug-likeness (QED) is 0.411. The minimum atomic E-state index is 0.583. The molecule has 10 heavy (non-hydrogen) atoms. The van der Waals surface area contributed by atoms with E-state index in [0.717, 1.165) is 12.8 Å². The number of hydrogen-bond acceptors (Lipinski definition) is 0. The van der Waals surface area contributed by atoms with Crippen LogP contribution in [0.1, 0.15) is 39.0 Å². The monoisotopic (exact) mass is 138 g/mol. The largest absolute Gasteiger partial charge is 0.258 e. The second kappa shape index (κ2) is 8.52. The molecule has 0 rings (SSSR count). The third-order valence-electron chi connectivity index (χ3n) is 1.41. The third kappa shape index (κ3) is 7.52. The van der Waals surface area contributed by atoms with Crippen LogP contribution in [0, 0.1) is 11.8 Å². The van der Waals surface area contributed by atoms with Gasteiger partial charge in [0, 0.05) is 13.0 Å². The molecule has 1 heteroatoms. The second-order valence-electron chi connectivity index (χ2n) is 2.34. The Morgan fingerprint density at radius 2 is 1.80 bits per heavy atom. The van der Waals surface area contributed by atoms with Gasteiger partial charge in [0.2, 0.25) is 0 Å². The van der Waals surface area contributed by atoms with E-state index < -0.39 is 0 Å². The van der Waals surface area contributed by atoms with Gasteiger partial charge in [-0.2, -0.15) is 0 Å². The Labute approximate surface area is 64.0 Å². The van der Waals surface area contributed by atoms with Gasteiger partial charge in [-0.3, -0.25) is 5.73 Å². The maximum Gasteiger partial charge on any atom is 0.00997 e. The highest BCUT2D eigenvalue weighted by molar-refractivity contribution is 4.94. The highest BCUT2D eigenvalue weighted by atomic mass is 14.5. The Kier molecular flexibility index (Phi) is 8.11. The van der Waals surface area contributed by atoms with Crippen LogP contribution in [0.4, 0.5) is 0 Å². The van der Waals surface area contributed by atoms with Crippen molar-refractivity contribution in [1.82, 2.24) is 5.73 Å². The summed E-state index contributed by atoms with van der Waals surface area (Å²) in [5.74, 6) is 5.90. The van der Waals surface area contributed by atoms with Crippen molar-refractivity contribution in [2.75, 3.05) is 6.54 Å². The van der Waals surface area contributed by atoms with Crippen molar-refractivity contribution in [2.24, 2.45) is 0 Å². The van der Waals surface area contributed by atoms with Crippen LogP contribution in [0.25, 0.3) is 0 Å². The fourth-order valence-electron chi connectivity index (χ4n) is 0.817. The van der Waals surface area contributed by atoms with E-state index in [1.807, 2.05) is 6.92 Å². The summed E-state index contributed by atoms with van der Waals surface area (Å²) < 4.78 is 0. The summed E-state index contributed by atoms with van der Waals surface area (Å²) in [6.07, 6.45) is 5.75. The van der Waals surface area contributed by atoms with Crippen molar-refractivity contribution >= 4 is 0 Å². The lowest BCUT2D eigenvalue weighted by Gasteiger charge is -1.93. The molecule has 0 aromatic heterocycles. The Morgan fingerprint density at radius 3 is 2.40 bits per heavy atom. The second-order valence-corrected chi connectivity index (χ2v) is 2.34. The fraction of sp³-hybridized carbons (Fsp3) is 0.778. The molecule has 0 unspecified atom stereocenters. The third-order valence-corrected chi connectivity index (χ3v) is 1.41. The van der Waals surface area contributed by atoms with Gasteiger partial charge >= 0.3 is 0 Å². The first-order valence-corrected chi connectivity index (χ1v) is 3.96. The molecule has 0 aliphatic rings. The molecule has 1 N–H and O–H groups in total. The molecular formula is C9H16N. The van der Waals surface area contributed by atoms with Gasteiger partial charge in [-0.05, 0) is 19.8 Å². The summed E-state index contributed by atoms with van der Waals surface area (Å²) in [4.78, 5) is 0. The van der Waals surface area contributed by atoms with E-state index in [1.54, 1.807) is 0 Å². The average Bonchev–Trinajstić information content (AvgIpc) is 1.97. The summed E-state index contributed by atoms with van der Waals surface area (Å²) >= 11 is 0. The lowest BCUT2D eigenvalue weighted by atomic mass is 10.1. The molecule has 0 spiro atoms. The zero-order valence-corrected chi connectivity index (χ0v) is 6.74. The Balaban J connectivity index is 2.82. The van der Waals surface area contributed by atoms with E-state index in [-0.39, 0.29) is 0 Å². The maximum atomic E-state index is 6.89. The SMILES string of the molecule is CC#CCCCCCC[NH]. The zero-order chi connectivity index (χ0) is 7.66. The van der Waals surface area contributed by atoms with Gasteiger partial charge in [0.25, 0.3) is 0 Å². The molecule has 0 atom stereocenters. The molecule has 0 aromatic carbocycles. The van der Waals surface area contributed by atoms with Crippen LogP contribution in [-0.4, -0.2) is 6.54 Å². The lowest BCUT2D eigenvalue weighted by Crippen LogP contribution is -1.84. The van der Waals surface area contributed by atoms with Crippen molar-refractivity contribution in [3.05, 3.63) is 0 Å². The van der Waals surface area contributed by atoms with E-state index in [2.05, 4.69) is 11.8 Å². The number of hydrogen-bond donors (Lipinski definition) is 0. The zero-order valence-electron chi connectivity index (χ0n) is 6.74. The summed E-state index contributed by atoms with van der Waals surface area (Å²) in [5, 5.41) is 0. The molecule has 0 heterocycles. The molecule has 0 bridgehead atoms. The summed E-state index contributed by atoms with van der Waals surface area (Å²) in [6.45, 7) is 2.46. The molecule has 0 aliphatic carbocycles. The van der Waals surface area contributed by atoms with Crippen LogP contribution in [0.2, 0.25) is 0 Å². The predicted molar refractivity (Wildman–Crippen MR) is 44.5 cm³/mol. The standard InChI is InChI=1S/C9H16N/c1-2-3-4-5-6-7-8-9-10/h10H,4-9H2,1H3. The van der Waals surface area contributed by atoms with Crippen molar-refractivity contribution in [3.8, 4) is 11.8 Å². The van der Waals surface area contributed by atoms with E-state index in [9.17, 15) is 0 Å². The van der Waals surface area contributed by atoms with Crippen LogP contribution in [-0.2, 0) is 0 Å². The van der Waals surface area contributed by atoms with Crippen LogP contribution in [0.5, 0.6) is 0 Å². The number of unbranched alkanes of at least 4 members (excludes halogenated alkanes) is 4. The van der Waals surface area contributed by atoms with Gasteiger partial charge in [-0.25, -0.2) is 0 Å². The minimum Gasteiger partial charge on any atom is -0.258 e. The molecule has 57 valence electrons. The van der Waals surface area contributed by atoms with Crippen LogP contribution in [0.3, 0.4) is 0 Å². The summed E-state index contributed by atoms with van der Waals surface area (Å²) in [5.41, 5.74) is 6.89. The van der Waals surface area contributed by atoms with E-state index in [0.29, 0.717) is 6.54 Å². The van der Waals surface area contributed by atoms with Gasteiger partial charge < -0.3 is 0 Å². The first kappa shape index (κ1) is 9.52. The fourth-order valence-corrected chi connectivity index (χ4v) is 0.817. The van der Waals surface area contributed by atoms with Crippen molar-refractivity contribution < 1.29 is 0 Å². The molecule has 1 nitrogen and oxygen atoms in total. The number of rotatable bonds is 5. The number of nitrogens with one attached hydrogen (secondary N) is 1. The first-order chi connectivity index (χ1) is 4.91. The summed E-state index contributed by atoms with van der Waals surface area (Å²) in [7, 11) is 0. The van der Waals surface area contributed by atoms with Gasteiger partial charge in [-0.15, -0.1) is 11.8 Å². The normalized spacial score (nSPS) is 8.60. The van der Waals surface area contributed by atoms with Crippen molar-refractivity contribution in [1.29, 1.82) is 0 Å². The predicted octanol–water partition coefficient (Wildman–Crippen LogP) is 2.24. The van der Waals surface area contributed by atoms with E-state index in [4.69, 9.17) is 5.73 Å². The minimum absolute atomic E-state index is 0.583. The van der Waals surface area contributed by atoms with Crippen LogP contribution < -0.4 is 5.73 Å².